The number of aryl methyl sites for hydroxylation is 1. The van der Waals surface area contributed by atoms with Gasteiger partial charge in [0.15, 0.2) is 5.75 Å². The van der Waals surface area contributed by atoms with Crippen molar-refractivity contribution in [3.63, 3.8) is 0 Å². The number of nitriles is 2. The number of thioether (sulfide) groups is 1. The van der Waals surface area contributed by atoms with Gasteiger partial charge in [-0.3, -0.25) is 5.10 Å². The van der Waals surface area contributed by atoms with E-state index in [0.717, 1.165) is 17.1 Å². The van der Waals surface area contributed by atoms with Crippen LogP contribution in [0.25, 0.3) is 0 Å². The molecule has 3 aromatic rings. The number of H-pyrrole nitrogens is 1. The Bertz CT molecular complexity index is 1030. The highest BCUT2D eigenvalue weighted by atomic mass is 32.2. The number of benzene rings is 2. The Labute approximate surface area is 174 Å². The number of aromatic nitrogens is 2. The Morgan fingerprint density at radius 2 is 1.72 bits per heavy atom. The van der Waals surface area contributed by atoms with Crippen LogP contribution < -0.4 is 9.47 Å². The number of aromatic amines is 1. The SMILES string of the molecule is CCc1n[nH]c(CCOc2ccc(SC)cc2)c1Oc1cc(C#N)cc(C#N)c1. The lowest BCUT2D eigenvalue weighted by Gasteiger charge is -2.10. The van der Waals surface area contributed by atoms with Crippen molar-refractivity contribution >= 4 is 11.8 Å². The smallest absolute Gasteiger partial charge is 0.171 e. The molecule has 146 valence electrons. The summed E-state index contributed by atoms with van der Waals surface area (Å²) in [5, 5.41) is 25.7. The van der Waals surface area contributed by atoms with Crippen LogP contribution in [-0.4, -0.2) is 23.1 Å². The maximum absolute atomic E-state index is 9.17. The van der Waals surface area contributed by atoms with Crippen molar-refractivity contribution in [1.82, 2.24) is 10.2 Å². The summed E-state index contributed by atoms with van der Waals surface area (Å²) in [6.45, 7) is 2.45. The van der Waals surface area contributed by atoms with Gasteiger partial charge in [-0.1, -0.05) is 6.92 Å². The first-order valence-corrected chi connectivity index (χ1v) is 10.4. The lowest BCUT2D eigenvalue weighted by Crippen LogP contribution is -2.03. The van der Waals surface area contributed by atoms with Crippen LogP contribution in [0.4, 0.5) is 0 Å². The first-order valence-electron chi connectivity index (χ1n) is 9.13. The highest BCUT2D eigenvalue weighted by molar-refractivity contribution is 7.98. The zero-order valence-corrected chi connectivity index (χ0v) is 17.0. The normalized spacial score (nSPS) is 10.2. The van der Waals surface area contributed by atoms with Crippen molar-refractivity contribution in [3.05, 3.63) is 65.0 Å². The highest BCUT2D eigenvalue weighted by Gasteiger charge is 2.15. The van der Waals surface area contributed by atoms with Gasteiger partial charge in [0, 0.05) is 11.3 Å². The third-order valence-electron chi connectivity index (χ3n) is 4.26. The van der Waals surface area contributed by atoms with Crippen molar-refractivity contribution in [1.29, 1.82) is 10.5 Å². The van der Waals surface area contributed by atoms with Crippen LogP contribution in [0, 0.1) is 22.7 Å². The van der Waals surface area contributed by atoms with Gasteiger partial charge in [0.1, 0.15) is 17.2 Å². The van der Waals surface area contributed by atoms with Crippen LogP contribution in [0.3, 0.4) is 0 Å². The molecule has 7 heteroatoms. The van der Waals surface area contributed by atoms with Gasteiger partial charge < -0.3 is 9.47 Å². The van der Waals surface area contributed by atoms with Crippen LogP contribution in [0.15, 0.2) is 47.4 Å². The van der Waals surface area contributed by atoms with Crippen LogP contribution in [0.1, 0.15) is 29.4 Å². The standard InChI is InChI=1S/C22H20N4O2S/c1-3-20-22(28-18-11-15(13-23)10-16(12-18)14-24)21(26-25-20)8-9-27-17-4-6-19(29-2)7-5-17/h4-7,10-12H,3,8-9H2,1-2H3,(H,25,26). The Morgan fingerprint density at radius 1 is 1.03 bits per heavy atom. The number of nitrogens with zero attached hydrogens (tertiary/aromatic N) is 3. The van der Waals surface area contributed by atoms with Gasteiger partial charge in [0.05, 0.1) is 35.6 Å². The third-order valence-corrected chi connectivity index (χ3v) is 5.01. The number of rotatable bonds is 8. The van der Waals surface area contributed by atoms with E-state index in [1.807, 2.05) is 49.6 Å². The predicted molar refractivity (Wildman–Crippen MR) is 111 cm³/mol. The molecule has 2 aromatic carbocycles. The van der Waals surface area contributed by atoms with Gasteiger partial charge >= 0.3 is 0 Å². The number of hydrogen-bond acceptors (Lipinski definition) is 6. The fourth-order valence-corrected chi connectivity index (χ4v) is 3.20. The zero-order chi connectivity index (χ0) is 20.6. The molecule has 0 saturated heterocycles. The third kappa shape index (κ3) is 5.10. The van der Waals surface area contributed by atoms with Crippen molar-refractivity contribution in [2.75, 3.05) is 12.9 Å². The van der Waals surface area contributed by atoms with Gasteiger partial charge in [-0.15, -0.1) is 11.8 Å². The highest BCUT2D eigenvalue weighted by Crippen LogP contribution is 2.30. The molecule has 0 aliphatic rings. The van der Waals surface area contributed by atoms with E-state index in [0.29, 0.717) is 42.1 Å². The van der Waals surface area contributed by atoms with Crippen molar-refractivity contribution in [3.8, 4) is 29.4 Å². The fraction of sp³-hybridized carbons (Fsp3) is 0.227. The summed E-state index contributed by atoms with van der Waals surface area (Å²) >= 11 is 1.69. The van der Waals surface area contributed by atoms with E-state index in [4.69, 9.17) is 20.0 Å². The summed E-state index contributed by atoms with van der Waals surface area (Å²) in [6, 6.07) is 16.8. The van der Waals surface area contributed by atoms with Crippen LogP contribution >= 0.6 is 11.8 Å². The van der Waals surface area contributed by atoms with E-state index in [-0.39, 0.29) is 0 Å². The van der Waals surface area contributed by atoms with E-state index in [1.54, 1.807) is 23.9 Å². The van der Waals surface area contributed by atoms with Crippen molar-refractivity contribution in [2.24, 2.45) is 0 Å². The Kier molecular flexibility index (Phi) is 6.78. The molecule has 0 bridgehead atoms. The molecule has 6 nitrogen and oxygen atoms in total. The zero-order valence-electron chi connectivity index (χ0n) is 16.2. The molecule has 1 heterocycles. The van der Waals surface area contributed by atoms with Crippen LogP contribution in [0.2, 0.25) is 0 Å². The molecule has 0 aliphatic carbocycles. The molecule has 0 atom stereocenters. The topological polar surface area (TPSA) is 94.7 Å². The molecule has 3 rings (SSSR count). The molecule has 1 N–H and O–H groups in total. The number of nitrogens with one attached hydrogen (secondary N) is 1. The Morgan fingerprint density at radius 3 is 2.31 bits per heavy atom. The summed E-state index contributed by atoms with van der Waals surface area (Å²) in [5.41, 5.74) is 2.34. The molecule has 0 spiro atoms. The molecule has 0 amide bonds. The predicted octanol–water partition coefficient (Wildman–Crippen LogP) is 4.85. The molecule has 1 aromatic heterocycles. The van der Waals surface area contributed by atoms with E-state index in [9.17, 15) is 0 Å². The van der Waals surface area contributed by atoms with E-state index in [1.165, 1.54) is 11.0 Å². The molecule has 0 radical (unpaired) electrons. The van der Waals surface area contributed by atoms with Crippen LogP contribution in [0.5, 0.6) is 17.2 Å². The second-order valence-electron chi connectivity index (χ2n) is 6.18. The molecular weight excluding hydrogens is 384 g/mol. The summed E-state index contributed by atoms with van der Waals surface area (Å²) < 4.78 is 11.9. The monoisotopic (exact) mass is 404 g/mol. The maximum Gasteiger partial charge on any atom is 0.171 e. The summed E-state index contributed by atoms with van der Waals surface area (Å²) in [7, 11) is 0. The Balaban J connectivity index is 1.74. The average molecular weight is 404 g/mol. The van der Waals surface area contributed by atoms with Gasteiger partial charge in [0.2, 0.25) is 0 Å². The van der Waals surface area contributed by atoms with Crippen LogP contribution in [-0.2, 0) is 12.8 Å². The molecule has 0 fully saturated rings. The first kappa shape index (κ1) is 20.3. The number of hydrogen-bond donors (Lipinski definition) is 1. The Hall–Kier alpha value is -3.42. The lowest BCUT2D eigenvalue weighted by molar-refractivity contribution is 0.318. The van der Waals surface area contributed by atoms with Crippen molar-refractivity contribution < 1.29 is 9.47 Å². The fourth-order valence-electron chi connectivity index (χ4n) is 2.79. The second kappa shape index (κ2) is 9.68. The van der Waals surface area contributed by atoms with E-state index >= 15 is 0 Å². The van der Waals surface area contributed by atoms with Gasteiger partial charge in [0.25, 0.3) is 0 Å². The largest absolute Gasteiger partial charge is 0.493 e. The molecule has 29 heavy (non-hydrogen) atoms. The van der Waals surface area contributed by atoms with Gasteiger partial charge in [-0.05, 0) is 55.1 Å². The molecule has 0 aliphatic heterocycles. The molecular formula is C22H20N4O2S. The molecule has 0 unspecified atom stereocenters. The van der Waals surface area contributed by atoms with Gasteiger partial charge in [-0.25, -0.2) is 0 Å². The summed E-state index contributed by atoms with van der Waals surface area (Å²) in [6.07, 6.45) is 3.30. The minimum absolute atomic E-state index is 0.374. The lowest BCUT2D eigenvalue weighted by atomic mass is 10.1. The summed E-state index contributed by atoms with van der Waals surface area (Å²) in [4.78, 5) is 1.19. The second-order valence-corrected chi connectivity index (χ2v) is 7.06. The quantitative estimate of drug-likeness (QED) is 0.539. The summed E-state index contributed by atoms with van der Waals surface area (Å²) in [5.74, 6) is 1.86. The number of ether oxygens (including phenoxy) is 2. The van der Waals surface area contributed by atoms with E-state index in [2.05, 4.69) is 10.2 Å². The van der Waals surface area contributed by atoms with E-state index < -0.39 is 0 Å². The minimum Gasteiger partial charge on any atom is -0.493 e. The first-order chi connectivity index (χ1) is 14.2. The van der Waals surface area contributed by atoms with Gasteiger partial charge in [-0.2, -0.15) is 15.6 Å². The molecule has 0 saturated carbocycles. The minimum atomic E-state index is 0.374. The average Bonchev–Trinajstić information content (AvgIpc) is 3.15. The maximum atomic E-state index is 9.17. The van der Waals surface area contributed by atoms with Crippen molar-refractivity contribution in [2.45, 2.75) is 24.7 Å².